The number of ether oxygens (including phenoxy) is 1. The Morgan fingerprint density at radius 2 is 1.96 bits per heavy atom. The van der Waals surface area contributed by atoms with Crippen molar-refractivity contribution in [2.24, 2.45) is 10.9 Å². The summed E-state index contributed by atoms with van der Waals surface area (Å²) in [5.41, 5.74) is 1.24. The van der Waals surface area contributed by atoms with Crippen LogP contribution in [0.2, 0.25) is 0 Å². The summed E-state index contributed by atoms with van der Waals surface area (Å²) in [7, 11) is 0. The molecule has 1 aromatic rings. The molecule has 0 spiro atoms. The largest absolute Gasteiger partial charge is 0.379 e. The molecule has 2 aliphatic heterocycles. The topological polar surface area (TPSA) is 40.1 Å². The molecule has 2 fully saturated rings. The molecule has 1 unspecified atom stereocenters. The first-order chi connectivity index (χ1) is 12.2. The summed E-state index contributed by atoms with van der Waals surface area (Å²) in [6.07, 6.45) is 1.25. The highest BCUT2D eigenvalue weighted by molar-refractivity contribution is 14.0. The van der Waals surface area contributed by atoms with E-state index >= 15 is 0 Å². The molecule has 3 rings (SSSR count). The molecule has 2 heterocycles. The summed E-state index contributed by atoms with van der Waals surface area (Å²) in [5.74, 6) is 1.78. The maximum Gasteiger partial charge on any atom is 0.194 e. The van der Waals surface area contributed by atoms with Gasteiger partial charge < -0.3 is 15.0 Å². The smallest absolute Gasteiger partial charge is 0.194 e. The van der Waals surface area contributed by atoms with Crippen LogP contribution in [0.1, 0.15) is 18.9 Å². The van der Waals surface area contributed by atoms with Gasteiger partial charge in [-0.3, -0.25) is 4.90 Å². The number of nitrogens with one attached hydrogen (secondary N) is 1. The molecule has 2 aliphatic rings. The van der Waals surface area contributed by atoms with Gasteiger partial charge in [-0.15, -0.1) is 24.0 Å². The lowest BCUT2D eigenvalue weighted by Crippen LogP contribution is -2.42. The molecule has 146 valence electrons. The van der Waals surface area contributed by atoms with Gasteiger partial charge in [-0.25, -0.2) is 4.99 Å². The van der Waals surface area contributed by atoms with Crippen LogP contribution in [0.15, 0.2) is 33.7 Å². The zero-order chi connectivity index (χ0) is 17.5. The second-order valence-corrected chi connectivity index (χ2v) is 7.73. The zero-order valence-corrected chi connectivity index (χ0v) is 19.4. The van der Waals surface area contributed by atoms with E-state index < -0.39 is 0 Å². The lowest BCUT2D eigenvalue weighted by Gasteiger charge is -2.29. The van der Waals surface area contributed by atoms with E-state index in [-0.39, 0.29) is 24.0 Å². The summed E-state index contributed by atoms with van der Waals surface area (Å²) < 4.78 is 6.56. The fraction of sp³-hybridized carbons (Fsp3) is 0.632. The Bertz CT molecular complexity index is 563. The Hall–Kier alpha value is -0.380. The van der Waals surface area contributed by atoms with Crippen molar-refractivity contribution in [3.63, 3.8) is 0 Å². The first kappa shape index (κ1) is 21.9. The third-order valence-corrected chi connectivity index (χ3v) is 5.39. The number of morpholine rings is 1. The summed E-state index contributed by atoms with van der Waals surface area (Å²) in [4.78, 5) is 9.83. The number of aliphatic imine (C=N–C) groups is 1. The van der Waals surface area contributed by atoms with E-state index in [2.05, 4.69) is 62.2 Å². The molecule has 0 saturated carbocycles. The molecule has 7 heteroatoms. The van der Waals surface area contributed by atoms with Crippen molar-refractivity contribution >= 4 is 45.9 Å². The lowest BCUT2D eigenvalue weighted by atomic mass is 10.1. The van der Waals surface area contributed by atoms with Crippen molar-refractivity contribution in [2.45, 2.75) is 19.9 Å². The molecule has 0 amide bonds. The second kappa shape index (κ2) is 11.5. The number of hydrogen-bond acceptors (Lipinski definition) is 3. The van der Waals surface area contributed by atoms with Gasteiger partial charge in [0, 0.05) is 43.7 Å². The number of benzene rings is 1. The van der Waals surface area contributed by atoms with Gasteiger partial charge in [0.15, 0.2) is 5.96 Å². The number of likely N-dealkylation sites (tertiary alicyclic amines) is 1. The van der Waals surface area contributed by atoms with Crippen LogP contribution >= 0.6 is 39.9 Å². The molecule has 5 nitrogen and oxygen atoms in total. The van der Waals surface area contributed by atoms with Crippen molar-refractivity contribution in [1.29, 1.82) is 0 Å². The van der Waals surface area contributed by atoms with Gasteiger partial charge in [0.2, 0.25) is 0 Å². The van der Waals surface area contributed by atoms with E-state index in [0.29, 0.717) is 0 Å². The molecule has 1 atom stereocenters. The van der Waals surface area contributed by atoms with E-state index in [1.807, 2.05) is 0 Å². The van der Waals surface area contributed by atoms with Crippen LogP contribution in [0.5, 0.6) is 0 Å². The molecule has 2 saturated heterocycles. The average Bonchev–Trinajstić information content (AvgIpc) is 3.09. The lowest BCUT2D eigenvalue weighted by molar-refractivity contribution is 0.0315. The van der Waals surface area contributed by atoms with E-state index in [9.17, 15) is 0 Å². The third kappa shape index (κ3) is 6.65. The van der Waals surface area contributed by atoms with Gasteiger partial charge in [-0.05, 0) is 37.0 Å². The Morgan fingerprint density at radius 3 is 2.65 bits per heavy atom. The average molecular weight is 537 g/mol. The van der Waals surface area contributed by atoms with Gasteiger partial charge in [-0.1, -0.05) is 28.1 Å². The fourth-order valence-electron chi connectivity index (χ4n) is 3.50. The highest BCUT2D eigenvalue weighted by Crippen LogP contribution is 2.19. The predicted octanol–water partition coefficient (Wildman–Crippen LogP) is 3.19. The van der Waals surface area contributed by atoms with Crippen LogP contribution in [0, 0.1) is 5.92 Å². The quantitative estimate of drug-likeness (QED) is 0.356. The van der Waals surface area contributed by atoms with Crippen molar-refractivity contribution < 1.29 is 4.74 Å². The minimum absolute atomic E-state index is 0. The molecule has 1 aromatic carbocycles. The standard InChI is InChI=1S/C19H29BrN4O.HI/c1-2-21-19(22-13-16-3-5-18(20)6-4-16)24-8-7-17(15-24)14-23-9-11-25-12-10-23;/h3-6,17H,2,7-15H2,1H3,(H,21,22);1H. The fourth-order valence-corrected chi connectivity index (χ4v) is 3.77. The van der Waals surface area contributed by atoms with Crippen LogP contribution < -0.4 is 5.32 Å². The van der Waals surface area contributed by atoms with Gasteiger partial charge >= 0.3 is 0 Å². The van der Waals surface area contributed by atoms with Crippen LogP contribution in [-0.4, -0.2) is 68.2 Å². The second-order valence-electron chi connectivity index (χ2n) is 6.81. The van der Waals surface area contributed by atoms with E-state index in [4.69, 9.17) is 9.73 Å². The van der Waals surface area contributed by atoms with Gasteiger partial charge in [0.25, 0.3) is 0 Å². The van der Waals surface area contributed by atoms with Gasteiger partial charge in [0.05, 0.1) is 19.8 Å². The molecule has 1 N–H and O–H groups in total. The summed E-state index contributed by atoms with van der Waals surface area (Å²) >= 11 is 3.48. The van der Waals surface area contributed by atoms with Gasteiger partial charge in [0.1, 0.15) is 0 Å². The number of nitrogens with zero attached hydrogens (tertiary/aromatic N) is 3. The summed E-state index contributed by atoms with van der Waals surface area (Å²) in [6, 6.07) is 8.41. The number of hydrogen-bond donors (Lipinski definition) is 1. The molecule has 0 radical (unpaired) electrons. The summed E-state index contributed by atoms with van der Waals surface area (Å²) in [5, 5.41) is 3.46. The third-order valence-electron chi connectivity index (χ3n) is 4.87. The van der Waals surface area contributed by atoms with E-state index in [1.165, 1.54) is 18.5 Å². The Balaban J connectivity index is 0.00000243. The van der Waals surface area contributed by atoms with Crippen molar-refractivity contribution in [2.75, 3.05) is 52.5 Å². The van der Waals surface area contributed by atoms with Crippen molar-refractivity contribution in [3.8, 4) is 0 Å². The normalized spacial score (nSPS) is 21.5. The highest BCUT2D eigenvalue weighted by Gasteiger charge is 2.27. The molecule has 0 aromatic heterocycles. The zero-order valence-electron chi connectivity index (χ0n) is 15.5. The Labute approximate surface area is 182 Å². The Morgan fingerprint density at radius 1 is 1.23 bits per heavy atom. The first-order valence-corrected chi connectivity index (χ1v) is 10.1. The molecule has 26 heavy (non-hydrogen) atoms. The SMILES string of the molecule is CCNC(=NCc1ccc(Br)cc1)N1CCC(CN2CCOCC2)C1.I. The highest BCUT2D eigenvalue weighted by atomic mass is 127. The molecule has 0 bridgehead atoms. The van der Waals surface area contributed by atoms with Crippen molar-refractivity contribution in [3.05, 3.63) is 34.3 Å². The van der Waals surface area contributed by atoms with Crippen LogP contribution in [0.25, 0.3) is 0 Å². The minimum atomic E-state index is 0. The van der Waals surface area contributed by atoms with E-state index in [0.717, 1.165) is 68.8 Å². The first-order valence-electron chi connectivity index (χ1n) is 9.32. The van der Waals surface area contributed by atoms with Crippen LogP contribution in [-0.2, 0) is 11.3 Å². The Kier molecular flexibility index (Phi) is 9.66. The minimum Gasteiger partial charge on any atom is -0.379 e. The maximum atomic E-state index is 5.45. The molecular formula is C19H30BrIN4O. The van der Waals surface area contributed by atoms with Crippen LogP contribution in [0.3, 0.4) is 0 Å². The van der Waals surface area contributed by atoms with Crippen molar-refractivity contribution in [1.82, 2.24) is 15.1 Å². The van der Waals surface area contributed by atoms with E-state index in [1.54, 1.807) is 0 Å². The molecule has 0 aliphatic carbocycles. The monoisotopic (exact) mass is 536 g/mol. The molecular weight excluding hydrogens is 507 g/mol. The number of rotatable bonds is 5. The predicted molar refractivity (Wildman–Crippen MR) is 121 cm³/mol. The number of guanidine groups is 1. The number of halogens is 2. The van der Waals surface area contributed by atoms with Crippen LogP contribution in [0.4, 0.5) is 0 Å². The van der Waals surface area contributed by atoms with Gasteiger partial charge in [-0.2, -0.15) is 0 Å². The maximum absolute atomic E-state index is 5.45. The summed E-state index contributed by atoms with van der Waals surface area (Å²) in [6.45, 7) is 11.1.